The van der Waals surface area contributed by atoms with Crippen molar-refractivity contribution in [1.29, 1.82) is 0 Å². The number of ketones is 1. The van der Waals surface area contributed by atoms with E-state index in [9.17, 15) is 4.79 Å². The van der Waals surface area contributed by atoms with E-state index in [1.165, 1.54) is 38.5 Å². The molecule has 0 spiro atoms. The Kier molecular flexibility index (Phi) is 7.22. The van der Waals surface area contributed by atoms with E-state index < -0.39 is 0 Å². The maximum Gasteiger partial charge on any atom is 0.196 e. The van der Waals surface area contributed by atoms with Gasteiger partial charge in [-0.1, -0.05) is 53.5 Å². The molecule has 4 fully saturated rings. The maximum atomic E-state index is 13.4. The summed E-state index contributed by atoms with van der Waals surface area (Å²) in [5.41, 5.74) is 3.08. The Morgan fingerprint density at radius 3 is 2.07 bits per heavy atom. The van der Waals surface area contributed by atoms with Gasteiger partial charge in [-0.15, -0.1) is 5.10 Å². The smallest absolute Gasteiger partial charge is 0.196 e. The third kappa shape index (κ3) is 4.99. The molecule has 5 nitrogen and oxygen atoms in total. The molecule has 3 aromatic carbocycles. The lowest BCUT2D eigenvalue weighted by atomic mass is 9.47. The van der Waals surface area contributed by atoms with Crippen molar-refractivity contribution in [2.75, 3.05) is 5.01 Å². The molecule has 218 valence electrons. The summed E-state index contributed by atoms with van der Waals surface area (Å²) in [6, 6.07) is 23.8. The Hall–Kier alpha value is -3.02. The Labute approximate surface area is 258 Å². The summed E-state index contributed by atoms with van der Waals surface area (Å²) in [5.74, 6) is 3.69. The molecule has 0 unspecified atom stereocenters. The standard InChI is InChI=1S/C35H37Cl2N3O2/c1-22(41)33-38-40(30-13-11-29(37)12-14-30)34(31-5-3-4-6-32(31)42-21-24-7-9-28(36)10-8-24)39(33)23(2)35-18-25-15-26(19-35)17-27(16-25)20-35/h3-14,23,25-27,34H,15-21H2,1-2H3/t23-,25?,26?,27?,34+,35?/m0/s1. The number of carbonyl (C=O) groups is 1. The van der Waals surface area contributed by atoms with Gasteiger partial charge >= 0.3 is 0 Å². The van der Waals surface area contributed by atoms with Crippen molar-refractivity contribution in [1.82, 2.24) is 4.90 Å². The van der Waals surface area contributed by atoms with Crippen LogP contribution in [0.2, 0.25) is 10.0 Å². The van der Waals surface area contributed by atoms with E-state index in [1.54, 1.807) is 6.92 Å². The molecule has 8 rings (SSSR count). The average Bonchev–Trinajstić information content (AvgIpc) is 3.37. The quantitative estimate of drug-likeness (QED) is 0.258. The minimum Gasteiger partial charge on any atom is -0.488 e. The summed E-state index contributed by atoms with van der Waals surface area (Å²) in [6.45, 7) is 4.40. The second kappa shape index (κ2) is 10.9. The van der Waals surface area contributed by atoms with E-state index in [0.717, 1.165) is 40.3 Å². The number of carbonyl (C=O) groups excluding carboxylic acids is 1. The molecular formula is C35H37Cl2N3O2. The molecule has 0 N–H and O–H groups in total. The number of hydrogen-bond donors (Lipinski definition) is 0. The first kappa shape index (κ1) is 27.8. The van der Waals surface area contributed by atoms with Gasteiger partial charge < -0.3 is 9.64 Å². The van der Waals surface area contributed by atoms with Crippen molar-refractivity contribution < 1.29 is 9.53 Å². The van der Waals surface area contributed by atoms with E-state index in [-0.39, 0.29) is 23.4 Å². The van der Waals surface area contributed by atoms with Gasteiger partial charge in [0.05, 0.1) is 5.69 Å². The summed E-state index contributed by atoms with van der Waals surface area (Å²) >= 11 is 12.4. The second-order valence-electron chi connectivity index (χ2n) is 13.0. The number of benzene rings is 3. The topological polar surface area (TPSA) is 45.1 Å². The number of ether oxygens (including phenoxy) is 1. The van der Waals surface area contributed by atoms with Crippen molar-refractivity contribution in [2.24, 2.45) is 28.3 Å². The molecule has 1 aliphatic heterocycles. The van der Waals surface area contributed by atoms with Crippen LogP contribution in [0, 0.1) is 23.2 Å². The highest BCUT2D eigenvalue weighted by Gasteiger charge is 2.57. The number of anilines is 1. The molecule has 4 bridgehead atoms. The first-order valence-corrected chi connectivity index (χ1v) is 15.9. The predicted octanol–water partition coefficient (Wildman–Crippen LogP) is 8.90. The van der Waals surface area contributed by atoms with Gasteiger partial charge in [0.2, 0.25) is 0 Å². The summed E-state index contributed by atoms with van der Waals surface area (Å²) in [5, 5.41) is 8.42. The molecule has 2 atom stereocenters. The number of hydrazone groups is 1. The number of rotatable bonds is 8. The molecule has 42 heavy (non-hydrogen) atoms. The van der Waals surface area contributed by atoms with Crippen molar-refractivity contribution in [3.05, 3.63) is 94.0 Å². The fourth-order valence-electron chi connectivity index (χ4n) is 8.72. The van der Waals surface area contributed by atoms with E-state index >= 15 is 0 Å². The number of para-hydroxylation sites is 1. The fraction of sp³-hybridized carbons (Fsp3) is 0.429. The molecule has 7 heteroatoms. The zero-order chi connectivity index (χ0) is 29.0. The lowest BCUT2D eigenvalue weighted by Gasteiger charge is -2.60. The van der Waals surface area contributed by atoms with Crippen molar-refractivity contribution in [3.8, 4) is 5.75 Å². The Balaban J connectivity index is 1.31. The van der Waals surface area contributed by atoms with Crippen LogP contribution in [-0.2, 0) is 11.4 Å². The molecule has 4 saturated carbocycles. The summed E-state index contributed by atoms with van der Waals surface area (Å²) in [6.07, 6.45) is 7.51. The van der Waals surface area contributed by atoms with Crippen LogP contribution in [0.3, 0.4) is 0 Å². The van der Waals surface area contributed by atoms with Crippen LogP contribution in [0.1, 0.15) is 69.7 Å². The monoisotopic (exact) mass is 601 g/mol. The molecular weight excluding hydrogens is 565 g/mol. The molecule has 0 saturated heterocycles. The number of amidine groups is 1. The normalized spacial score (nSPS) is 28.6. The lowest BCUT2D eigenvalue weighted by molar-refractivity contribution is -0.113. The van der Waals surface area contributed by atoms with E-state index in [0.29, 0.717) is 22.5 Å². The Morgan fingerprint density at radius 1 is 0.905 bits per heavy atom. The van der Waals surface area contributed by atoms with Crippen molar-refractivity contribution >= 4 is 40.5 Å². The first-order valence-electron chi connectivity index (χ1n) is 15.2. The number of Topliss-reactive ketones (excluding diaryl/α,β-unsaturated/α-hetero) is 1. The fourth-order valence-corrected chi connectivity index (χ4v) is 8.97. The molecule has 1 heterocycles. The Bertz CT molecular complexity index is 1470. The zero-order valence-corrected chi connectivity index (χ0v) is 25.7. The van der Waals surface area contributed by atoms with Crippen LogP contribution in [0.25, 0.3) is 0 Å². The minimum atomic E-state index is -0.338. The second-order valence-corrected chi connectivity index (χ2v) is 13.9. The van der Waals surface area contributed by atoms with Gasteiger partial charge in [-0.25, -0.2) is 5.01 Å². The average molecular weight is 603 g/mol. The number of halogens is 2. The zero-order valence-electron chi connectivity index (χ0n) is 24.2. The Morgan fingerprint density at radius 2 is 1.48 bits per heavy atom. The SMILES string of the molecule is CC(=O)C1=NN(c2ccc(Cl)cc2)[C@H](c2ccccc2OCc2ccc(Cl)cc2)N1[C@@H](C)C12CC3CC(CC(C3)C1)C2. The molecule has 0 radical (unpaired) electrons. The van der Waals surface area contributed by atoms with Gasteiger partial charge in [0, 0.05) is 28.6 Å². The minimum absolute atomic E-state index is 0.0207. The summed E-state index contributed by atoms with van der Waals surface area (Å²) in [4.78, 5) is 15.7. The molecule has 0 amide bonds. The highest BCUT2D eigenvalue weighted by atomic mass is 35.5. The predicted molar refractivity (Wildman–Crippen MR) is 169 cm³/mol. The molecule has 0 aromatic heterocycles. The molecule has 5 aliphatic rings. The van der Waals surface area contributed by atoms with Crippen molar-refractivity contribution in [3.63, 3.8) is 0 Å². The number of nitrogens with zero attached hydrogens (tertiary/aromatic N) is 3. The van der Waals surface area contributed by atoms with E-state index in [1.807, 2.05) is 71.7 Å². The largest absolute Gasteiger partial charge is 0.488 e. The van der Waals surface area contributed by atoms with Crippen LogP contribution in [0.5, 0.6) is 5.75 Å². The van der Waals surface area contributed by atoms with Gasteiger partial charge in [-0.3, -0.25) is 4.79 Å². The first-order chi connectivity index (χ1) is 20.3. The summed E-state index contributed by atoms with van der Waals surface area (Å²) in [7, 11) is 0. The van der Waals surface area contributed by atoms with Gasteiger partial charge in [0.25, 0.3) is 0 Å². The molecule has 3 aromatic rings. The highest BCUT2D eigenvalue weighted by molar-refractivity contribution is 6.38. The van der Waals surface area contributed by atoms with Crippen LogP contribution in [0.15, 0.2) is 77.9 Å². The van der Waals surface area contributed by atoms with E-state index in [4.69, 9.17) is 33.0 Å². The third-order valence-electron chi connectivity index (χ3n) is 10.2. The van der Waals surface area contributed by atoms with Gasteiger partial charge in [-0.05, 0) is 117 Å². The molecule has 4 aliphatic carbocycles. The van der Waals surface area contributed by atoms with Crippen LogP contribution in [-0.4, -0.2) is 22.6 Å². The van der Waals surface area contributed by atoms with Crippen LogP contribution in [0.4, 0.5) is 5.69 Å². The maximum absolute atomic E-state index is 13.4. The van der Waals surface area contributed by atoms with E-state index in [2.05, 4.69) is 17.9 Å². The summed E-state index contributed by atoms with van der Waals surface area (Å²) < 4.78 is 6.50. The van der Waals surface area contributed by atoms with Crippen LogP contribution >= 0.6 is 23.2 Å². The lowest BCUT2D eigenvalue weighted by Crippen LogP contribution is -2.58. The van der Waals surface area contributed by atoms with Crippen LogP contribution < -0.4 is 9.75 Å². The van der Waals surface area contributed by atoms with Gasteiger partial charge in [0.15, 0.2) is 17.8 Å². The van der Waals surface area contributed by atoms with Gasteiger partial charge in [-0.2, -0.15) is 0 Å². The third-order valence-corrected chi connectivity index (χ3v) is 10.7. The highest BCUT2D eigenvalue weighted by Crippen LogP contribution is 2.63. The van der Waals surface area contributed by atoms with Crippen molar-refractivity contribution in [2.45, 2.75) is 71.2 Å². The van der Waals surface area contributed by atoms with Gasteiger partial charge in [0.1, 0.15) is 12.4 Å². The number of hydrogen-bond acceptors (Lipinski definition) is 5.